The molecule has 2 saturated carbocycles. The van der Waals surface area contributed by atoms with Crippen LogP contribution in [-0.2, 0) is 0 Å². The van der Waals surface area contributed by atoms with Gasteiger partial charge in [0, 0.05) is 12.1 Å². The lowest BCUT2D eigenvalue weighted by atomic mass is 9.84. The lowest BCUT2D eigenvalue weighted by Gasteiger charge is -2.30. The summed E-state index contributed by atoms with van der Waals surface area (Å²) < 4.78 is 0. The first-order valence-electron chi connectivity index (χ1n) is 7.60. The van der Waals surface area contributed by atoms with Crippen LogP contribution in [0, 0.1) is 5.92 Å². The zero-order valence-electron chi connectivity index (χ0n) is 11.0. The molecule has 0 aromatic heterocycles. The van der Waals surface area contributed by atoms with E-state index >= 15 is 0 Å². The molecule has 0 spiro atoms. The molecule has 2 rings (SSSR count). The van der Waals surface area contributed by atoms with Gasteiger partial charge in [0.2, 0.25) is 0 Å². The summed E-state index contributed by atoms with van der Waals surface area (Å²) in [5.41, 5.74) is 0. The Bertz CT molecular complexity index is 158. The van der Waals surface area contributed by atoms with Gasteiger partial charge < -0.3 is 5.32 Å². The number of nitrogens with one attached hydrogen (secondary N) is 1. The molecule has 1 N–H and O–H groups in total. The Morgan fingerprint density at radius 2 is 1.44 bits per heavy atom. The van der Waals surface area contributed by atoms with Gasteiger partial charge in [-0.05, 0) is 32.1 Å². The van der Waals surface area contributed by atoms with E-state index in [1.807, 2.05) is 0 Å². The largest absolute Gasteiger partial charge is 0.311 e. The Labute approximate surface area is 101 Å². The highest BCUT2D eigenvalue weighted by atomic mass is 14.9. The second-order valence-electron chi connectivity index (χ2n) is 6.14. The summed E-state index contributed by atoms with van der Waals surface area (Å²) in [7, 11) is 0. The maximum atomic E-state index is 3.87. The van der Waals surface area contributed by atoms with Gasteiger partial charge in [-0.2, -0.15) is 0 Å². The minimum absolute atomic E-state index is 0.756. The first kappa shape index (κ1) is 12.4. The lowest BCUT2D eigenvalue weighted by Crippen LogP contribution is -2.39. The van der Waals surface area contributed by atoms with Gasteiger partial charge in [0.1, 0.15) is 0 Å². The Morgan fingerprint density at radius 1 is 0.875 bits per heavy atom. The predicted octanol–water partition coefficient (Wildman–Crippen LogP) is 4.27. The monoisotopic (exact) mass is 223 g/mol. The average Bonchev–Trinajstić information content (AvgIpc) is 2.31. The van der Waals surface area contributed by atoms with Gasteiger partial charge in [-0.3, -0.25) is 0 Å². The van der Waals surface area contributed by atoms with Crippen LogP contribution in [0.4, 0.5) is 0 Å². The molecule has 2 aliphatic rings. The second-order valence-corrected chi connectivity index (χ2v) is 6.14. The molecule has 16 heavy (non-hydrogen) atoms. The highest BCUT2D eigenvalue weighted by Gasteiger charge is 2.19. The number of hydrogen-bond donors (Lipinski definition) is 1. The molecule has 0 radical (unpaired) electrons. The molecule has 0 saturated heterocycles. The van der Waals surface area contributed by atoms with E-state index in [0.717, 1.165) is 18.0 Å². The molecule has 2 fully saturated rings. The molecule has 0 heterocycles. The molecule has 1 nitrogen and oxygen atoms in total. The van der Waals surface area contributed by atoms with Crippen molar-refractivity contribution in [3.63, 3.8) is 0 Å². The first-order chi connectivity index (χ1) is 7.84. The van der Waals surface area contributed by atoms with E-state index in [9.17, 15) is 0 Å². The highest BCUT2D eigenvalue weighted by molar-refractivity contribution is 4.78. The van der Waals surface area contributed by atoms with Crippen molar-refractivity contribution in [2.75, 3.05) is 0 Å². The standard InChI is InChI=1S/C15H29N/c1-13(12-14-8-4-2-5-9-14)16-15-10-6-3-7-11-15/h13-16H,2-12H2,1H3. The smallest absolute Gasteiger partial charge is 0.00695 e. The fourth-order valence-electron chi connectivity index (χ4n) is 3.66. The third-order valence-corrected chi connectivity index (χ3v) is 4.54. The molecule has 1 unspecified atom stereocenters. The fourth-order valence-corrected chi connectivity index (χ4v) is 3.66. The average molecular weight is 223 g/mol. The van der Waals surface area contributed by atoms with Crippen molar-refractivity contribution in [3.05, 3.63) is 0 Å². The van der Waals surface area contributed by atoms with Crippen molar-refractivity contribution in [1.82, 2.24) is 5.32 Å². The minimum atomic E-state index is 0.756. The van der Waals surface area contributed by atoms with Crippen LogP contribution in [0.25, 0.3) is 0 Å². The van der Waals surface area contributed by atoms with Gasteiger partial charge in [-0.25, -0.2) is 0 Å². The molecule has 0 bridgehead atoms. The maximum Gasteiger partial charge on any atom is 0.00695 e. The second kappa shape index (κ2) is 6.64. The van der Waals surface area contributed by atoms with Crippen molar-refractivity contribution in [3.8, 4) is 0 Å². The van der Waals surface area contributed by atoms with Gasteiger partial charge >= 0.3 is 0 Å². The van der Waals surface area contributed by atoms with Crippen molar-refractivity contribution in [1.29, 1.82) is 0 Å². The number of rotatable bonds is 4. The fraction of sp³-hybridized carbons (Fsp3) is 1.00. The Hall–Kier alpha value is -0.0400. The summed E-state index contributed by atoms with van der Waals surface area (Å²) in [5.74, 6) is 1.03. The van der Waals surface area contributed by atoms with E-state index in [-0.39, 0.29) is 0 Å². The molecule has 0 amide bonds. The van der Waals surface area contributed by atoms with E-state index in [4.69, 9.17) is 0 Å². The summed E-state index contributed by atoms with van der Waals surface area (Å²) >= 11 is 0. The van der Waals surface area contributed by atoms with E-state index < -0.39 is 0 Å². The first-order valence-corrected chi connectivity index (χ1v) is 7.60. The molecule has 0 aromatic rings. The van der Waals surface area contributed by atoms with Crippen LogP contribution in [0.15, 0.2) is 0 Å². The third-order valence-electron chi connectivity index (χ3n) is 4.54. The topological polar surface area (TPSA) is 12.0 Å². The van der Waals surface area contributed by atoms with Crippen LogP contribution in [0.3, 0.4) is 0 Å². The van der Waals surface area contributed by atoms with Crippen LogP contribution in [-0.4, -0.2) is 12.1 Å². The van der Waals surface area contributed by atoms with Crippen molar-refractivity contribution < 1.29 is 0 Å². The summed E-state index contributed by atoms with van der Waals surface area (Å²) in [6.45, 7) is 2.41. The molecule has 2 aliphatic carbocycles. The van der Waals surface area contributed by atoms with Gasteiger partial charge in [0.15, 0.2) is 0 Å². The van der Waals surface area contributed by atoms with E-state index in [0.29, 0.717) is 0 Å². The van der Waals surface area contributed by atoms with Crippen LogP contribution >= 0.6 is 0 Å². The van der Waals surface area contributed by atoms with Crippen LogP contribution in [0.2, 0.25) is 0 Å². The zero-order chi connectivity index (χ0) is 11.2. The zero-order valence-corrected chi connectivity index (χ0v) is 11.0. The third kappa shape index (κ3) is 4.08. The van der Waals surface area contributed by atoms with Crippen molar-refractivity contribution >= 4 is 0 Å². The molecule has 0 aromatic carbocycles. The minimum Gasteiger partial charge on any atom is -0.311 e. The lowest BCUT2D eigenvalue weighted by molar-refractivity contribution is 0.274. The summed E-state index contributed by atoms with van der Waals surface area (Å²) in [4.78, 5) is 0. The molecular formula is C15H29N. The molecule has 1 atom stereocenters. The van der Waals surface area contributed by atoms with Gasteiger partial charge in [0.05, 0.1) is 0 Å². The van der Waals surface area contributed by atoms with Gasteiger partial charge in [0.25, 0.3) is 0 Å². The van der Waals surface area contributed by atoms with Crippen LogP contribution in [0.1, 0.15) is 77.6 Å². The summed E-state index contributed by atoms with van der Waals surface area (Å²) in [6, 6.07) is 1.60. The van der Waals surface area contributed by atoms with E-state index in [1.165, 1.54) is 70.6 Å². The summed E-state index contributed by atoms with van der Waals surface area (Å²) in [6.07, 6.45) is 16.1. The van der Waals surface area contributed by atoms with Crippen LogP contribution in [0.5, 0.6) is 0 Å². The molecular weight excluding hydrogens is 194 g/mol. The maximum absolute atomic E-state index is 3.87. The van der Waals surface area contributed by atoms with Gasteiger partial charge in [-0.1, -0.05) is 51.4 Å². The number of hydrogen-bond acceptors (Lipinski definition) is 1. The Morgan fingerprint density at radius 3 is 2.06 bits per heavy atom. The normalized spacial score (nSPS) is 26.8. The quantitative estimate of drug-likeness (QED) is 0.750. The predicted molar refractivity (Wildman–Crippen MR) is 70.7 cm³/mol. The SMILES string of the molecule is CC(CC1CCCCC1)NC1CCCCC1. The van der Waals surface area contributed by atoms with Gasteiger partial charge in [-0.15, -0.1) is 0 Å². The molecule has 0 aliphatic heterocycles. The van der Waals surface area contributed by atoms with E-state index in [1.54, 1.807) is 0 Å². The van der Waals surface area contributed by atoms with Crippen molar-refractivity contribution in [2.24, 2.45) is 5.92 Å². The molecule has 1 heteroatoms. The Kier molecular flexibility index (Phi) is 5.15. The Balaban J connectivity index is 1.64. The molecule has 94 valence electrons. The van der Waals surface area contributed by atoms with Crippen LogP contribution < -0.4 is 5.32 Å². The highest BCUT2D eigenvalue weighted by Crippen LogP contribution is 2.27. The van der Waals surface area contributed by atoms with E-state index in [2.05, 4.69) is 12.2 Å². The summed E-state index contributed by atoms with van der Waals surface area (Å²) in [5, 5.41) is 3.87. The van der Waals surface area contributed by atoms with Crippen molar-refractivity contribution in [2.45, 2.75) is 89.6 Å².